The normalized spacial score (nSPS) is 9.57. The molecule has 1 rings (SSSR count). The molecule has 0 saturated heterocycles. The number of ether oxygens (including phenoxy) is 1. The first kappa shape index (κ1) is 10.5. The minimum absolute atomic E-state index is 0.601. The molecule has 0 amide bonds. The average molecular weight is 190 g/mol. The van der Waals surface area contributed by atoms with Crippen LogP contribution in [0.2, 0.25) is 0 Å². The molecule has 0 unspecified atom stereocenters. The van der Waals surface area contributed by atoms with E-state index in [0.717, 1.165) is 17.4 Å². The summed E-state index contributed by atoms with van der Waals surface area (Å²) in [5.41, 5.74) is 2.67. The van der Waals surface area contributed by atoms with Gasteiger partial charge in [-0.05, 0) is 30.5 Å². The van der Waals surface area contributed by atoms with Crippen molar-refractivity contribution in [2.24, 2.45) is 0 Å². The summed E-state index contributed by atoms with van der Waals surface area (Å²) in [6.07, 6.45) is 3.33. The van der Waals surface area contributed by atoms with Crippen molar-refractivity contribution in [2.45, 2.75) is 13.3 Å². The zero-order chi connectivity index (χ0) is 10.6. The summed E-state index contributed by atoms with van der Waals surface area (Å²) in [5, 5.41) is 0. The zero-order valence-corrected chi connectivity index (χ0v) is 8.54. The van der Waals surface area contributed by atoms with Crippen LogP contribution in [0.1, 0.15) is 21.5 Å². The Labute approximate surface area is 84.2 Å². The second kappa shape index (κ2) is 4.61. The van der Waals surface area contributed by atoms with Crippen molar-refractivity contribution >= 4 is 6.29 Å². The fourth-order valence-corrected chi connectivity index (χ4v) is 1.52. The van der Waals surface area contributed by atoms with Gasteiger partial charge in [-0.1, -0.05) is 12.1 Å². The molecule has 14 heavy (non-hydrogen) atoms. The number of hydrogen-bond donors (Lipinski definition) is 0. The van der Waals surface area contributed by atoms with Crippen LogP contribution in [0.5, 0.6) is 5.75 Å². The van der Waals surface area contributed by atoms with Gasteiger partial charge in [0.1, 0.15) is 5.75 Å². The highest BCUT2D eigenvalue weighted by atomic mass is 16.5. The second-order valence-corrected chi connectivity index (χ2v) is 3.16. The van der Waals surface area contributed by atoms with E-state index in [4.69, 9.17) is 4.74 Å². The predicted octanol–water partition coefficient (Wildman–Crippen LogP) is 2.54. The number of carbonyl (C=O) groups is 1. The Morgan fingerprint density at radius 1 is 1.50 bits per heavy atom. The third kappa shape index (κ3) is 2.02. The van der Waals surface area contributed by atoms with Crippen LogP contribution in [-0.4, -0.2) is 13.4 Å². The maximum atomic E-state index is 10.8. The minimum Gasteiger partial charge on any atom is -0.496 e. The average Bonchev–Trinajstić information content (AvgIpc) is 2.17. The number of aryl methyl sites for hydroxylation is 1. The molecular weight excluding hydrogens is 176 g/mol. The Hall–Kier alpha value is -1.57. The maximum Gasteiger partial charge on any atom is 0.153 e. The number of carbonyl (C=O) groups excluding carboxylic acids is 1. The van der Waals surface area contributed by atoms with E-state index in [9.17, 15) is 4.79 Å². The summed E-state index contributed by atoms with van der Waals surface area (Å²) in [4.78, 5) is 10.8. The van der Waals surface area contributed by atoms with Gasteiger partial charge >= 0.3 is 0 Å². The minimum atomic E-state index is 0.601. The number of methoxy groups -OCH3 is 1. The van der Waals surface area contributed by atoms with Gasteiger partial charge in [0, 0.05) is 0 Å². The molecule has 0 N–H and O–H groups in total. The van der Waals surface area contributed by atoms with Crippen LogP contribution in [0, 0.1) is 6.92 Å². The summed E-state index contributed by atoms with van der Waals surface area (Å²) in [6.45, 7) is 5.63. The molecule has 0 saturated carbocycles. The summed E-state index contributed by atoms with van der Waals surface area (Å²) >= 11 is 0. The topological polar surface area (TPSA) is 26.3 Å². The highest BCUT2D eigenvalue weighted by molar-refractivity contribution is 5.80. The van der Waals surface area contributed by atoms with Crippen molar-refractivity contribution in [1.29, 1.82) is 0 Å². The molecular formula is C12H14O2. The SMILES string of the molecule is C=CCc1cc(C)cc(C=O)c1OC. The van der Waals surface area contributed by atoms with E-state index in [-0.39, 0.29) is 0 Å². The van der Waals surface area contributed by atoms with Crippen LogP contribution in [0.25, 0.3) is 0 Å². The summed E-state index contributed by atoms with van der Waals surface area (Å²) < 4.78 is 5.20. The molecule has 0 radical (unpaired) electrons. The molecule has 74 valence electrons. The van der Waals surface area contributed by atoms with E-state index in [1.54, 1.807) is 13.2 Å². The molecule has 2 heteroatoms. The van der Waals surface area contributed by atoms with Crippen LogP contribution >= 0.6 is 0 Å². The Bertz CT molecular complexity index is 354. The molecule has 0 spiro atoms. The molecule has 2 nitrogen and oxygen atoms in total. The first-order valence-electron chi connectivity index (χ1n) is 4.46. The number of benzene rings is 1. The molecule has 1 aromatic rings. The van der Waals surface area contributed by atoms with Gasteiger partial charge in [0.2, 0.25) is 0 Å². The van der Waals surface area contributed by atoms with Crippen LogP contribution < -0.4 is 4.74 Å². The van der Waals surface area contributed by atoms with E-state index in [2.05, 4.69) is 6.58 Å². The zero-order valence-electron chi connectivity index (χ0n) is 8.54. The van der Waals surface area contributed by atoms with Gasteiger partial charge in [0.05, 0.1) is 12.7 Å². The van der Waals surface area contributed by atoms with E-state index in [1.165, 1.54) is 0 Å². The lowest BCUT2D eigenvalue weighted by Gasteiger charge is -2.10. The van der Waals surface area contributed by atoms with E-state index in [1.807, 2.05) is 19.1 Å². The lowest BCUT2D eigenvalue weighted by Crippen LogP contribution is -1.97. The van der Waals surface area contributed by atoms with Crippen molar-refractivity contribution in [3.63, 3.8) is 0 Å². The fraction of sp³-hybridized carbons (Fsp3) is 0.250. The van der Waals surface area contributed by atoms with E-state index >= 15 is 0 Å². The molecule has 0 atom stereocenters. The van der Waals surface area contributed by atoms with Crippen molar-refractivity contribution < 1.29 is 9.53 Å². The summed E-state index contributed by atoms with van der Waals surface area (Å²) in [5.74, 6) is 0.658. The monoisotopic (exact) mass is 190 g/mol. The summed E-state index contributed by atoms with van der Waals surface area (Å²) in [7, 11) is 1.57. The van der Waals surface area contributed by atoms with Crippen LogP contribution in [0.15, 0.2) is 24.8 Å². The van der Waals surface area contributed by atoms with Crippen LogP contribution in [0.4, 0.5) is 0 Å². The number of hydrogen-bond acceptors (Lipinski definition) is 2. The van der Waals surface area contributed by atoms with Crippen molar-refractivity contribution in [3.8, 4) is 5.75 Å². The van der Waals surface area contributed by atoms with Gasteiger partial charge in [-0.3, -0.25) is 4.79 Å². The Balaban J connectivity index is 3.30. The first-order valence-corrected chi connectivity index (χ1v) is 4.46. The first-order chi connectivity index (χ1) is 6.72. The van der Waals surface area contributed by atoms with Crippen molar-refractivity contribution in [3.05, 3.63) is 41.5 Å². The van der Waals surface area contributed by atoms with E-state index < -0.39 is 0 Å². The molecule has 0 heterocycles. The molecule has 0 aliphatic rings. The Morgan fingerprint density at radius 2 is 2.21 bits per heavy atom. The molecule has 0 aromatic heterocycles. The lowest BCUT2D eigenvalue weighted by molar-refractivity contribution is 0.112. The van der Waals surface area contributed by atoms with E-state index in [0.29, 0.717) is 17.7 Å². The van der Waals surface area contributed by atoms with Gasteiger partial charge in [-0.15, -0.1) is 6.58 Å². The van der Waals surface area contributed by atoms with Gasteiger partial charge in [-0.25, -0.2) is 0 Å². The molecule has 0 bridgehead atoms. The van der Waals surface area contributed by atoms with Crippen LogP contribution in [0.3, 0.4) is 0 Å². The van der Waals surface area contributed by atoms with Gasteiger partial charge in [0.15, 0.2) is 6.29 Å². The molecule has 1 aromatic carbocycles. The third-order valence-corrected chi connectivity index (χ3v) is 2.03. The number of aldehydes is 1. The second-order valence-electron chi connectivity index (χ2n) is 3.16. The van der Waals surface area contributed by atoms with Crippen LogP contribution in [-0.2, 0) is 6.42 Å². The smallest absolute Gasteiger partial charge is 0.153 e. The van der Waals surface area contributed by atoms with Crippen molar-refractivity contribution in [2.75, 3.05) is 7.11 Å². The molecule has 0 fully saturated rings. The van der Waals surface area contributed by atoms with Gasteiger partial charge in [0.25, 0.3) is 0 Å². The number of rotatable bonds is 4. The molecule has 0 aliphatic carbocycles. The Morgan fingerprint density at radius 3 is 2.71 bits per heavy atom. The van der Waals surface area contributed by atoms with Gasteiger partial charge in [-0.2, -0.15) is 0 Å². The highest BCUT2D eigenvalue weighted by Gasteiger charge is 2.08. The highest BCUT2D eigenvalue weighted by Crippen LogP contribution is 2.25. The standard InChI is InChI=1S/C12H14O2/c1-4-5-10-6-9(2)7-11(8-13)12(10)14-3/h4,6-8H,1,5H2,2-3H3. The van der Waals surface area contributed by atoms with Gasteiger partial charge < -0.3 is 4.74 Å². The Kier molecular flexibility index (Phi) is 3.46. The predicted molar refractivity (Wildman–Crippen MR) is 57.0 cm³/mol. The fourth-order valence-electron chi connectivity index (χ4n) is 1.52. The number of allylic oxidation sites excluding steroid dienone is 1. The third-order valence-electron chi connectivity index (χ3n) is 2.03. The van der Waals surface area contributed by atoms with Crippen molar-refractivity contribution in [1.82, 2.24) is 0 Å². The molecule has 0 aliphatic heterocycles. The summed E-state index contributed by atoms with van der Waals surface area (Å²) in [6, 6.07) is 3.83. The lowest BCUT2D eigenvalue weighted by atomic mass is 10.0. The maximum absolute atomic E-state index is 10.8. The largest absolute Gasteiger partial charge is 0.496 e. The quantitative estimate of drug-likeness (QED) is 0.538.